The van der Waals surface area contributed by atoms with Gasteiger partial charge in [-0.25, -0.2) is 15.0 Å². The van der Waals surface area contributed by atoms with Gasteiger partial charge in [-0.05, 0) is 50.1 Å². The van der Waals surface area contributed by atoms with Crippen LogP contribution in [0.25, 0.3) is 27.7 Å². The zero-order chi connectivity index (χ0) is 25.6. The van der Waals surface area contributed by atoms with Crippen molar-refractivity contribution in [3.05, 3.63) is 78.4 Å². The summed E-state index contributed by atoms with van der Waals surface area (Å²) in [6.07, 6.45) is 3.56. The number of carbonyl (C=O) groups is 1. The largest absolute Gasteiger partial charge is 0.439 e. The number of rotatable bonds is 5. The standard InChI is InChI=1S/C28H28N6O2/c1-16(2)28(35)34-14-13-21(18(34)4)25-23(24-26(29)30-15-31-27(24)33(25)5)19-9-11-20(12-10-19)36-22-8-6-7-17(3)32-22/h6-13,15,18H,1,14H2,2-5H3,(H2,29,30,31)/t18-/m1/s1. The van der Waals surface area contributed by atoms with Crippen molar-refractivity contribution >= 4 is 28.3 Å². The molecule has 0 bridgehead atoms. The maximum Gasteiger partial charge on any atom is 0.249 e. The number of anilines is 1. The van der Waals surface area contributed by atoms with E-state index in [1.807, 2.05) is 72.8 Å². The lowest BCUT2D eigenvalue weighted by molar-refractivity contribution is -0.127. The topological polar surface area (TPSA) is 99.2 Å². The van der Waals surface area contributed by atoms with Crippen molar-refractivity contribution in [2.45, 2.75) is 26.8 Å². The van der Waals surface area contributed by atoms with Crippen LogP contribution in [0.2, 0.25) is 0 Å². The number of nitrogen functional groups attached to an aromatic ring is 1. The number of hydrogen-bond donors (Lipinski definition) is 1. The van der Waals surface area contributed by atoms with Crippen LogP contribution in [0, 0.1) is 6.92 Å². The van der Waals surface area contributed by atoms with Gasteiger partial charge in [0, 0.05) is 36.5 Å². The molecule has 8 nitrogen and oxygen atoms in total. The number of benzene rings is 1. The Morgan fingerprint density at radius 3 is 2.61 bits per heavy atom. The molecule has 1 aromatic carbocycles. The van der Waals surface area contributed by atoms with E-state index in [9.17, 15) is 4.79 Å². The van der Waals surface area contributed by atoms with E-state index in [-0.39, 0.29) is 11.9 Å². The van der Waals surface area contributed by atoms with Gasteiger partial charge < -0.3 is 19.9 Å². The van der Waals surface area contributed by atoms with E-state index in [0.29, 0.717) is 29.6 Å². The molecule has 4 aromatic rings. The number of nitrogens with two attached hydrogens (primary N) is 1. The minimum absolute atomic E-state index is 0.0559. The summed E-state index contributed by atoms with van der Waals surface area (Å²) < 4.78 is 7.98. The molecule has 8 heteroatoms. The maximum atomic E-state index is 12.7. The van der Waals surface area contributed by atoms with Gasteiger partial charge in [-0.3, -0.25) is 4.79 Å². The number of ether oxygens (including phenoxy) is 1. The molecule has 0 aliphatic carbocycles. The lowest BCUT2D eigenvalue weighted by Gasteiger charge is -2.25. The molecule has 3 aromatic heterocycles. The van der Waals surface area contributed by atoms with Gasteiger partial charge in [-0.15, -0.1) is 0 Å². The number of fused-ring (bicyclic) bond motifs is 1. The van der Waals surface area contributed by atoms with Crippen LogP contribution in [-0.2, 0) is 11.8 Å². The summed E-state index contributed by atoms with van der Waals surface area (Å²) in [6, 6.07) is 13.3. The van der Waals surface area contributed by atoms with E-state index in [1.54, 1.807) is 6.92 Å². The van der Waals surface area contributed by atoms with Crippen molar-refractivity contribution in [3.63, 3.8) is 0 Å². The molecule has 1 amide bonds. The molecule has 0 saturated carbocycles. The van der Waals surface area contributed by atoms with Gasteiger partial charge in [0.2, 0.25) is 11.8 Å². The average Bonchev–Trinajstić information content (AvgIpc) is 3.37. The summed E-state index contributed by atoms with van der Waals surface area (Å²) in [5.41, 5.74) is 12.4. The second kappa shape index (κ2) is 8.96. The van der Waals surface area contributed by atoms with Crippen molar-refractivity contribution in [1.29, 1.82) is 0 Å². The highest BCUT2D eigenvalue weighted by molar-refractivity contribution is 6.07. The Kier molecular flexibility index (Phi) is 5.80. The first-order valence-electron chi connectivity index (χ1n) is 11.7. The SMILES string of the molecule is C=C(C)C(=O)N1CC=C(c2c(-c3ccc(Oc4cccc(C)n4)cc3)c3c(N)ncnc3n2C)[C@H]1C. The molecule has 0 unspecified atom stereocenters. The fourth-order valence-corrected chi connectivity index (χ4v) is 4.77. The Morgan fingerprint density at radius 1 is 1.17 bits per heavy atom. The molecule has 0 saturated heterocycles. The summed E-state index contributed by atoms with van der Waals surface area (Å²) in [7, 11) is 1.96. The number of hydrogen-bond acceptors (Lipinski definition) is 6. The van der Waals surface area contributed by atoms with Crippen LogP contribution < -0.4 is 10.5 Å². The third kappa shape index (κ3) is 3.90. The monoisotopic (exact) mass is 480 g/mol. The van der Waals surface area contributed by atoms with Crippen LogP contribution in [0.15, 0.2) is 67.0 Å². The quantitative estimate of drug-likeness (QED) is 0.408. The van der Waals surface area contributed by atoms with Gasteiger partial charge in [-0.2, -0.15) is 0 Å². The molecule has 4 heterocycles. The van der Waals surface area contributed by atoms with Gasteiger partial charge in [-0.1, -0.05) is 30.9 Å². The Bertz CT molecular complexity index is 1530. The van der Waals surface area contributed by atoms with Crippen LogP contribution in [-0.4, -0.2) is 42.9 Å². The van der Waals surface area contributed by atoms with E-state index in [2.05, 4.69) is 27.6 Å². The van der Waals surface area contributed by atoms with Gasteiger partial charge >= 0.3 is 0 Å². The maximum absolute atomic E-state index is 12.7. The molecule has 1 aliphatic rings. The average molecular weight is 481 g/mol. The van der Waals surface area contributed by atoms with Crippen molar-refractivity contribution in [2.24, 2.45) is 7.05 Å². The molecule has 0 fully saturated rings. The molecular formula is C28H28N6O2. The third-order valence-corrected chi connectivity index (χ3v) is 6.55. The third-order valence-electron chi connectivity index (χ3n) is 6.55. The molecule has 0 radical (unpaired) electrons. The van der Waals surface area contributed by atoms with Crippen LogP contribution in [0.1, 0.15) is 25.2 Å². The van der Waals surface area contributed by atoms with Crippen molar-refractivity contribution < 1.29 is 9.53 Å². The van der Waals surface area contributed by atoms with Gasteiger partial charge in [0.05, 0.1) is 17.1 Å². The fourth-order valence-electron chi connectivity index (χ4n) is 4.77. The number of carbonyl (C=O) groups excluding carboxylic acids is 1. The summed E-state index contributed by atoms with van der Waals surface area (Å²) in [6.45, 7) is 10.0. The summed E-state index contributed by atoms with van der Waals surface area (Å²) in [4.78, 5) is 27.8. The first kappa shape index (κ1) is 23.3. The Labute approximate surface area is 209 Å². The van der Waals surface area contributed by atoms with E-state index >= 15 is 0 Å². The minimum Gasteiger partial charge on any atom is -0.439 e. The summed E-state index contributed by atoms with van der Waals surface area (Å²) in [5.74, 6) is 1.56. The molecule has 2 N–H and O–H groups in total. The summed E-state index contributed by atoms with van der Waals surface area (Å²) in [5, 5.41) is 0.779. The van der Waals surface area contributed by atoms with Crippen molar-refractivity contribution in [2.75, 3.05) is 12.3 Å². The normalized spacial score (nSPS) is 15.3. The number of aromatic nitrogens is 4. The highest BCUT2D eigenvalue weighted by Gasteiger charge is 2.33. The fraction of sp³-hybridized carbons (Fsp3) is 0.214. The smallest absolute Gasteiger partial charge is 0.249 e. The first-order chi connectivity index (χ1) is 17.3. The molecule has 5 rings (SSSR count). The molecule has 36 heavy (non-hydrogen) atoms. The van der Waals surface area contributed by atoms with Gasteiger partial charge in [0.25, 0.3) is 0 Å². The van der Waals surface area contributed by atoms with Crippen LogP contribution in [0.3, 0.4) is 0 Å². The molecule has 1 aliphatic heterocycles. The zero-order valence-corrected chi connectivity index (χ0v) is 20.8. The van der Waals surface area contributed by atoms with Crippen molar-refractivity contribution in [3.8, 4) is 22.8 Å². The van der Waals surface area contributed by atoms with E-state index in [1.165, 1.54) is 6.33 Å². The Hall–Kier alpha value is -4.46. The molecular weight excluding hydrogens is 452 g/mol. The van der Waals surface area contributed by atoms with Crippen LogP contribution >= 0.6 is 0 Å². The predicted molar refractivity (Wildman–Crippen MR) is 141 cm³/mol. The second-order valence-corrected chi connectivity index (χ2v) is 9.06. The zero-order valence-electron chi connectivity index (χ0n) is 20.8. The molecule has 1 atom stereocenters. The Balaban J connectivity index is 1.60. The van der Waals surface area contributed by atoms with Gasteiger partial charge in [0.15, 0.2) is 0 Å². The highest BCUT2D eigenvalue weighted by atomic mass is 16.5. The minimum atomic E-state index is -0.139. The van der Waals surface area contributed by atoms with E-state index in [4.69, 9.17) is 10.5 Å². The molecule has 182 valence electrons. The van der Waals surface area contributed by atoms with Crippen molar-refractivity contribution in [1.82, 2.24) is 24.4 Å². The predicted octanol–water partition coefficient (Wildman–Crippen LogP) is 4.90. The summed E-state index contributed by atoms with van der Waals surface area (Å²) >= 11 is 0. The lowest BCUT2D eigenvalue weighted by Crippen LogP contribution is -2.35. The van der Waals surface area contributed by atoms with E-state index < -0.39 is 0 Å². The highest BCUT2D eigenvalue weighted by Crippen LogP contribution is 2.42. The lowest BCUT2D eigenvalue weighted by atomic mass is 9.96. The number of amides is 1. The van der Waals surface area contributed by atoms with E-state index in [0.717, 1.165) is 39.1 Å². The van der Waals surface area contributed by atoms with Crippen LogP contribution in [0.4, 0.5) is 5.82 Å². The second-order valence-electron chi connectivity index (χ2n) is 9.06. The number of pyridine rings is 1. The van der Waals surface area contributed by atoms with Crippen LogP contribution in [0.5, 0.6) is 11.6 Å². The number of aryl methyl sites for hydroxylation is 2. The van der Waals surface area contributed by atoms with Gasteiger partial charge in [0.1, 0.15) is 23.5 Å². The first-order valence-corrected chi connectivity index (χ1v) is 11.7. The number of nitrogens with zero attached hydrogens (tertiary/aromatic N) is 5. The molecule has 0 spiro atoms. The Morgan fingerprint density at radius 2 is 1.92 bits per heavy atom.